The van der Waals surface area contributed by atoms with E-state index < -0.39 is 0 Å². The van der Waals surface area contributed by atoms with Crippen molar-refractivity contribution in [1.82, 2.24) is 24.7 Å². The molecular formula is C19H17N5. The lowest BCUT2D eigenvalue weighted by Crippen LogP contribution is -2.00. The first-order valence-corrected chi connectivity index (χ1v) is 7.84. The van der Waals surface area contributed by atoms with Crippen molar-refractivity contribution in [2.75, 3.05) is 0 Å². The molecule has 3 aromatic heterocycles. The van der Waals surface area contributed by atoms with E-state index in [9.17, 15) is 0 Å². The predicted octanol–water partition coefficient (Wildman–Crippen LogP) is 3.56. The van der Waals surface area contributed by atoms with Crippen molar-refractivity contribution in [3.05, 3.63) is 84.1 Å². The second kappa shape index (κ2) is 6.12. The van der Waals surface area contributed by atoms with E-state index in [2.05, 4.69) is 50.4 Å². The Morgan fingerprint density at radius 1 is 1.00 bits per heavy atom. The minimum Gasteiger partial charge on any atom is -0.345 e. The van der Waals surface area contributed by atoms with Crippen LogP contribution in [-0.4, -0.2) is 24.7 Å². The maximum atomic E-state index is 4.42. The van der Waals surface area contributed by atoms with E-state index in [1.54, 1.807) is 10.9 Å². The Hall–Kier alpha value is -3.21. The largest absolute Gasteiger partial charge is 0.345 e. The number of nitrogens with zero attached hydrogens (tertiary/aromatic N) is 4. The number of aromatic amines is 1. The number of hydrogen-bond donors (Lipinski definition) is 1. The Labute approximate surface area is 140 Å². The summed E-state index contributed by atoms with van der Waals surface area (Å²) in [6.45, 7) is 1.97. The van der Waals surface area contributed by atoms with E-state index >= 15 is 0 Å². The van der Waals surface area contributed by atoms with Gasteiger partial charge < -0.3 is 4.98 Å². The first-order valence-electron chi connectivity index (χ1n) is 7.84. The molecule has 0 aliphatic rings. The summed E-state index contributed by atoms with van der Waals surface area (Å²) in [5.74, 6) is 1.72. The summed E-state index contributed by atoms with van der Waals surface area (Å²) < 4.78 is 1.80. The minimum absolute atomic E-state index is 0.836. The lowest BCUT2D eigenvalue weighted by Gasteiger charge is -2.06. The van der Waals surface area contributed by atoms with Gasteiger partial charge in [-0.3, -0.25) is 0 Å². The van der Waals surface area contributed by atoms with Crippen molar-refractivity contribution in [1.29, 1.82) is 0 Å². The molecule has 0 spiro atoms. The highest BCUT2D eigenvalue weighted by molar-refractivity contribution is 5.56. The van der Waals surface area contributed by atoms with E-state index in [1.807, 2.05) is 37.6 Å². The van der Waals surface area contributed by atoms with Crippen LogP contribution >= 0.6 is 0 Å². The molecule has 0 saturated carbocycles. The third-order valence-corrected chi connectivity index (χ3v) is 3.87. The summed E-state index contributed by atoms with van der Waals surface area (Å²) in [5, 5.41) is 4.42. The van der Waals surface area contributed by atoms with Gasteiger partial charge in [0.2, 0.25) is 0 Å². The van der Waals surface area contributed by atoms with Gasteiger partial charge in [0.15, 0.2) is 5.82 Å². The SMILES string of the molecule is Cc1ccn(-c2cc(Cc3cccc(-c4ncc[nH]4)c3)ccn2)n1. The number of benzene rings is 1. The third kappa shape index (κ3) is 2.96. The van der Waals surface area contributed by atoms with Gasteiger partial charge >= 0.3 is 0 Å². The zero-order valence-corrected chi connectivity index (χ0v) is 13.3. The second-order valence-electron chi connectivity index (χ2n) is 5.74. The quantitative estimate of drug-likeness (QED) is 0.626. The maximum Gasteiger partial charge on any atom is 0.153 e. The molecule has 118 valence electrons. The Bertz CT molecular complexity index is 953. The molecule has 3 heterocycles. The van der Waals surface area contributed by atoms with Gasteiger partial charge in [0, 0.05) is 30.4 Å². The Morgan fingerprint density at radius 2 is 1.92 bits per heavy atom. The van der Waals surface area contributed by atoms with Crippen molar-refractivity contribution < 1.29 is 0 Å². The molecule has 0 bridgehead atoms. The van der Waals surface area contributed by atoms with E-state index in [0.29, 0.717) is 0 Å². The van der Waals surface area contributed by atoms with Crippen molar-refractivity contribution in [3.8, 4) is 17.2 Å². The Morgan fingerprint density at radius 3 is 2.71 bits per heavy atom. The van der Waals surface area contributed by atoms with Gasteiger partial charge in [0.1, 0.15) is 5.82 Å². The maximum absolute atomic E-state index is 4.42. The topological polar surface area (TPSA) is 59.4 Å². The number of H-pyrrole nitrogens is 1. The lowest BCUT2D eigenvalue weighted by atomic mass is 10.0. The summed E-state index contributed by atoms with van der Waals surface area (Å²) in [5.41, 5.74) is 4.50. The van der Waals surface area contributed by atoms with E-state index in [1.165, 1.54) is 11.1 Å². The van der Waals surface area contributed by atoms with Crippen LogP contribution < -0.4 is 0 Å². The number of nitrogens with one attached hydrogen (secondary N) is 1. The zero-order chi connectivity index (χ0) is 16.4. The van der Waals surface area contributed by atoms with Gasteiger partial charge in [-0.2, -0.15) is 5.10 Å². The first kappa shape index (κ1) is 14.4. The van der Waals surface area contributed by atoms with Crippen molar-refractivity contribution >= 4 is 0 Å². The molecule has 0 radical (unpaired) electrons. The molecule has 0 aliphatic heterocycles. The summed E-state index contributed by atoms with van der Waals surface area (Å²) in [7, 11) is 0. The fourth-order valence-electron chi connectivity index (χ4n) is 2.73. The number of rotatable bonds is 4. The van der Waals surface area contributed by atoms with Gasteiger partial charge in [-0.1, -0.05) is 18.2 Å². The van der Waals surface area contributed by atoms with Gasteiger partial charge in [-0.05, 0) is 48.7 Å². The zero-order valence-electron chi connectivity index (χ0n) is 13.3. The predicted molar refractivity (Wildman–Crippen MR) is 92.9 cm³/mol. The smallest absolute Gasteiger partial charge is 0.153 e. The number of hydrogen-bond acceptors (Lipinski definition) is 3. The van der Waals surface area contributed by atoms with Crippen LogP contribution in [-0.2, 0) is 6.42 Å². The summed E-state index contributed by atoms with van der Waals surface area (Å²) in [4.78, 5) is 11.9. The van der Waals surface area contributed by atoms with Crippen molar-refractivity contribution in [2.45, 2.75) is 13.3 Å². The fourth-order valence-corrected chi connectivity index (χ4v) is 2.73. The van der Waals surface area contributed by atoms with Gasteiger partial charge in [-0.15, -0.1) is 0 Å². The standard InChI is InChI=1S/C19H17N5/c1-14-6-10-24(23-14)18-13-16(5-7-20-18)11-15-3-2-4-17(12-15)19-21-8-9-22-19/h2-10,12-13H,11H2,1H3,(H,21,22). The third-order valence-electron chi connectivity index (χ3n) is 3.87. The van der Waals surface area contributed by atoms with E-state index in [-0.39, 0.29) is 0 Å². The molecular weight excluding hydrogens is 298 g/mol. The normalized spacial score (nSPS) is 10.9. The Kier molecular flexibility index (Phi) is 3.67. The molecule has 4 rings (SSSR count). The highest BCUT2D eigenvalue weighted by atomic mass is 15.3. The van der Waals surface area contributed by atoms with Crippen molar-refractivity contribution in [2.24, 2.45) is 0 Å². The molecule has 4 aromatic rings. The highest BCUT2D eigenvalue weighted by Crippen LogP contribution is 2.19. The van der Waals surface area contributed by atoms with Gasteiger partial charge in [0.25, 0.3) is 0 Å². The molecule has 0 fully saturated rings. The highest BCUT2D eigenvalue weighted by Gasteiger charge is 2.05. The average Bonchev–Trinajstić information content (AvgIpc) is 3.27. The monoisotopic (exact) mass is 315 g/mol. The van der Waals surface area contributed by atoms with Crippen LogP contribution in [0.5, 0.6) is 0 Å². The Balaban J connectivity index is 1.61. The van der Waals surface area contributed by atoms with Crippen LogP contribution in [0.1, 0.15) is 16.8 Å². The van der Waals surface area contributed by atoms with Crippen LogP contribution in [0.15, 0.2) is 67.3 Å². The number of aryl methyl sites for hydroxylation is 1. The molecule has 24 heavy (non-hydrogen) atoms. The second-order valence-corrected chi connectivity index (χ2v) is 5.74. The fraction of sp³-hybridized carbons (Fsp3) is 0.105. The van der Waals surface area contributed by atoms with E-state index in [0.717, 1.165) is 29.3 Å². The molecule has 5 heteroatoms. The average molecular weight is 315 g/mol. The van der Waals surface area contributed by atoms with Crippen LogP contribution in [0.2, 0.25) is 0 Å². The number of aromatic nitrogens is 5. The van der Waals surface area contributed by atoms with Crippen molar-refractivity contribution in [3.63, 3.8) is 0 Å². The van der Waals surface area contributed by atoms with E-state index in [4.69, 9.17) is 0 Å². The number of pyridine rings is 1. The van der Waals surface area contributed by atoms with Gasteiger partial charge in [0.05, 0.1) is 5.69 Å². The van der Waals surface area contributed by atoms with Crippen LogP contribution in [0.4, 0.5) is 0 Å². The van der Waals surface area contributed by atoms with Crippen LogP contribution in [0.3, 0.4) is 0 Å². The van der Waals surface area contributed by atoms with Crippen LogP contribution in [0.25, 0.3) is 17.2 Å². The molecule has 5 nitrogen and oxygen atoms in total. The molecule has 0 saturated heterocycles. The summed E-state index contributed by atoms with van der Waals surface area (Å²) in [6, 6.07) is 14.5. The first-order chi connectivity index (χ1) is 11.8. The summed E-state index contributed by atoms with van der Waals surface area (Å²) >= 11 is 0. The molecule has 0 atom stereocenters. The molecule has 0 amide bonds. The molecule has 0 unspecified atom stereocenters. The molecule has 1 N–H and O–H groups in total. The summed E-state index contributed by atoms with van der Waals surface area (Å²) in [6.07, 6.45) is 8.20. The molecule has 1 aromatic carbocycles. The molecule has 0 aliphatic carbocycles. The minimum atomic E-state index is 0.836. The van der Waals surface area contributed by atoms with Gasteiger partial charge in [-0.25, -0.2) is 14.6 Å². The lowest BCUT2D eigenvalue weighted by molar-refractivity contribution is 0.829. The number of imidazole rings is 1. The van der Waals surface area contributed by atoms with Crippen LogP contribution in [0, 0.1) is 6.92 Å².